The summed E-state index contributed by atoms with van der Waals surface area (Å²) in [4.78, 5) is 10.8. The molecule has 14 heavy (non-hydrogen) atoms. The molecule has 0 aliphatic rings. The Bertz CT molecular complexity index is 344. The molecule has 0 fully saturated rings. The smallest absolute Gasteiger partial charge is 0.249 e. The van der Waals surface area contributed by atoms with Crippen LogP contribution in [-0.2, 0) is 4.79 Å². The third-order valence-corrected chi connectivity index (χ3v) is 1.68. The van der Waals surface area contributed by atoms with E-state index in [1.165, 1.54) is 6.08 Å². The number of nitrogens with two attached hydrogens (primary N) is 1. The van der Waals surface area contributed by atoms with Gasteiger partial charge in [-0.3, -0.25) is 4.79 Å². The van der Waals surface area contributed by atoms with Crippen LogP contribution in [0.25, 0.3) is 6.08 Å². The van der Waals surface area contributed by atoms with Crippen LogP contribution in [-0.4, -0.2) is 22.4 Å². The van der Waals surface area contributed by atoms with E-state index in [9.17, 15) is 4.79 Å². The van der Waals surface area contributed by atoms with Gasteiger partial charge in [-0.1, -0.05) is 30.3 Å². The lowest BCUT2D eigenvalue weighted by Gasteiger charge is -2.04. The van der Waals surface area contributed by atoms with E-state index in [0.29, 0.717) is 5.56 Å². The Morgan fingerprint density at radius 3 is 2.29 bits per heavy atom. The molecular formula is C10H11NO3. The van der Waals surface area contributed by atoms with Gasteiger partial charge in [0.25, 0.3) is 0 Å². The fraction of sp³-hybridized carbons (Fsp3) is 0.100. The van der Waals surface area contributed by atoms with Gasteiger partial charge in [-0.05, 0) is 11.6 Å². The quantitative estimate of drug-likeness (QED) is 0.461. The maximum atomic E-state index is 10.8. The molecule has 1 rings (SSSR count). The molecule has 4 heteroatoms. The van der Waals surface area contributed by atoms with Crippen LogP contribution in [0.1, 0.15) is 5.56 Å². The SMILES string of the molecule is NC(=O)C(=Cc1ccccc1)C(O)O. The van der Waals surface area contributed by atoms with E-state index < -0.39 is 12.2 Å². The third-order valence-electron chi connectivity index (χ3n) is 1.68. The van der Waals surface area contributed by atoms with Crippen molar-refractivity contribution < 1.29 is 15.0 Å². The fourth-order valence-corrected chi connectivity index (χ4v) is 1.00. The molecule has 0 heterocycles. The summed E-state index contributed by atoms with van der Waals surface area (Å²) in [6, 6.07) is 8.82. The van der Waals surface area contributed by atoms with Crippen molar-refractivity contribution in [2.75, 3.05) is 0 Å². The van der Waals surface area contributed by atoms with E-state index in [0.717, 1.165) is 0 Å². The summed E-state index contributed by atoms with van der Waals surface area (Å²) in [5.74, 6) is -0.844. The van der Waals surface area contributed by atoms with Crippen molar-refractivity contribution in [3.63, 3.8) is 0 Å². The lowest BCUT2D eigenvalue weighted by atomic mass is 10.1. The number of amides is 1. The molecule has 0 atom stereocenters. The molecule has 1 amide bonds. The molecule has 0 spiro atoms. The van der Waals surface area contributed by atoms with Gasteiger partial charge in [-0.2, -0.15) is 0 Å². The Morgan fingerprint density at radius 1 is 1.29 bits per heavy atom. The topological polar surface area (TPSA) is 83.6 Å². The van der Waals surface area contributed by atoms with Crippen LogP contribution in [0.15, 0.2) is 35.9 Å². The first-order valence-corrected chi connectivity index (χ1v) is 4.04. The summed E-state index contributed by atoms with van der Waals surface area (Å²) in [5.41, 5.74) is 5.42. The first-order chi connectivity index (χ1) is 6.61. The van der Waals surface area contributed by atoms with Gasteiger partial charge in [0.2, 0.25) is 5.91 Å². The molecule has 4 nitrogen and oxygen atoms in total. The van der Waals surface area contributed by atoms with E-state index in [4.69, 9.17) is 15.9 Å². The number of carbonyl (C=O) groups is 1. The molecule has 0 aliphatic carbocycles. The Labute approximate surface area is 81.3 Å². The van der Waals surface area contributed by atoms with Crippen molar-refractivity contribution in [1.29, 1.82) is 0 Å². The predicted molar refractivity (Wildman–Crippen MR) is 51.8 cm³/mol. The second kappa shape index (κ2) is 4.55. The van der Waals surface area contributed by atoms with Crippen molar-refractivity contribution >= 4 is 12.0 Å². The van der Waals surface area contributed by atoms with Gasteiger partial charge in [0.1, 0.15) is 0 Å². The zero-order valence-electron chi connectivity index (χ0n) is 7.42. The molecular weight excluding hydrogens is 182 g/mol. The molecule has 0 aliphatic heterocycles. The number of aliphatic hydroxyl groups excluding tert-OH is 1. The van der Waals surface area contributed by atoms with Gasteiger partial charge >= 0.3 is 0 Å². The predicted octanol–water partition coefficient (Wildman–Crippen LogP) is -0.134. The second-order valence-electron chi connectivity index (χ2n) is 2.75. The molecule has 0 saturated carbocycles. The van der Waals surface area contributed by atoms with Gasteiger partial charge in [0.05, 0.1) is 5.57 Å². The van der Waals surface area contributed by atoms with Crippen LogP contribution < -0.4 is 5.73 Å². The zero-order chi connectivity index (χ0) is 10.6. The van der Waals surface area contributed by atoms with E-state index >= 15 is 0 Å². The number of hydrogen-bond acceptors (Lipinski definition) is 3. The molecule has 1 aromatic carbocycles. The second-order valence-corrected chi connectivity index (χ2v) is 2.75. The van der Waals surface area contributed by atoms with E-state index in [1.54, 1.807) is 24.3 Å². The van der Waals surface area contributed by atoms with Crippen LogP contribution in [0, 0.1) is 0 Å². The average Bonchev–Trinajstić information content (AvgIpc) is 2.15. The van der Waals surface area contributed by atoms with Crippen molar-refractivity contribution in [1.82, 2.24) is 0 Å². The summed E-state index contributed by atoms with van der Waals surface area (Å²) >= 11 is 0. The molecule has 0 saturated heterocycles. The molecule has 0 bridgehead atoms. The maximum Gasteiger partial charge on any atom is 0.249 e. The van der Waals surface area contributed by atoms with Crippen molar-refractivity contribution in [2.24, 2.45) is 5.73 Å². The standard InChI is InChI=1S/C10H11NO3/c11-9(12)8(10(13)14)6-7-4-2-1-3-5-7/h1-6,10,13-14H,(H2,11,12). The number of aliphatic hydroxyl groups is 2. The number of carbonyl (C=O) groups excluding carboxylic acids is 1. The van der Waals surface area contributed by atoms with Crippen LogP contribution in [0.5, 0.6) is 0 Å². The van der Waals surface area contributed by atoms with E-state index in [1.807, 2.05) is 6.07 Å². The summed E-state index contributed by atoms with van der Waals surface area (Å²) in [7, 11) is 0. The molecule has 74 valence electrons. The van der Waals surface area contributed by atoms with Gasteiger partial charge in [-0.25, -0.2) is 0 Å². The Kier molecular flexibility index (Phi) is 3.39. The number of primary amides is 1. The number of rotatable bonds is 3. The normalized spacial score (nSPS) is 11.8. The van der Waals surface area contributed by atoms with Crippen LogP contribution in [0.4, 0.5) is 0 Å². The lowest BCUT2D eigenvalue weighted by Crippen LogP contribution is -2.23. The molecule has 4 N–H and O–H groups in total. The maximum absolute atomic E-state index is 10.8. The van der Waals surface area contributed by atoms with Crippen LogP contribution in [0.2, 0.25) is 0 Å². The summed E-state index contributed by atoms with van der Waals surface area (Å²) in [5, 5.41) is 17.7. The van der Waals surface area contributed by atoms with E-state index in [-0.39, 0.29) is 5.57 Å². The minimum atomic E-state index is -1.84. The monoisotopic (exact) mass is 193 g/mol. The fourth-order valence-electron chi connectivity index (χ4n) is 1.00. The average molecular weight is 193 g/mol. The Hall–Kier alpha value is -1.65. The highest BCUT2D eigenvalue weighted by Gasteiger charge is 2.12. The highest BCUT2D eigenvalue weighted by Crippen LogP contribution is 2.08. The van der Waals surface area contributed by atoms with Gasteiger partial charge < -0.3 is 15.9 Å². The minimum Gasteiger partial charge on any atom is -0.366 e. The van der Waals surface area contributed by atoms with Crippen LogP contribution >= 0.6 is 0 Å². The highest BCUT2D eigenvalue weighted by molar-refractivity contribution is 5.97. The molecule has 1 aromatic rings. The summed E-state index contributed by atoms with van der Waals surface area (Å²) in [6.07, 6.45) is -0.500. The van der Waals surface area contributed by atoms with Crippen molar-refractivity contribution in [3.8, 4) is 0 Å². The summed E-state index contributed by atoms with van der Waals surface area (Å²) < 4.78 is 0. The van der Waals surface area contributed by atoms with Crippen molar-refractivity contribution in [3.05, 3.63) is 41.5 Å². The molecule has 0 radical (unpaired) electrons. The number of benzene rings is 1. The third kappa shape index (κ3) is 2.69. The van der Waals surface area contributed by atoms with Gasteiger partial charge in [-0.15, -0.1) is 0 Å². The Morgan fingerprint density at radius 2 is 1.86 bits per heavy atom. The van der Waals surface area contributed by atoms with Gasteiger partial charge in [0.15, 0.2) is 6.29 Å². The highest BCUT2D eigenvalue weighted by atomic mass is 16.5. The molecule has 0 unspecified atom stereocenters. The van der Waals surface area contributed by atoms with Gasteiger partial charge in [0, 0.05) is 0 Å². The largest absolute Gasteiger partial charge is 0.366 e. The van der Waals surface area contributed by atoms with E-state index in [2.05, 4.69) is 0 Å². The first-order valence-electron chi connectivity index (χ1n) is 4.04. The van der Waals surface area contributed by atoms with Crippen molar-refractivity contribution in [2.45, 2.75) is 6.29 Å². The minimum absolute atomic E-state index is 0.226. The first kappa shape index (κ1) is 10.4. The Balaban J connectivity index is 3.00. The zero-order valence-corrected chi connectivity index (χ0v) is 7.42. The lowest BCUT2D eigenvalue weighted by molar-refractivity contribution is -0.118. The van der Waals surface area contributed by atoms with Crippen LogP contribution in [0.3, 0.4) is 0 Å². The number of hydrogen-bond donors (Lipinski definition) is 3. The summed E-state index contributed by atoms with van der Waals surface area (Å²) in [6.45, 7) is 0. The molecule has 0 aromatic heterocycles.